The second kappa shape index (κ2) is 3.79. The molecule has 1 N–H and O–H groups in total. The van der Waals surface area contributed by atoms with Crippen LogP contribution in [0.2, 0.25) is 0 Å². The summed E-state index contributed by atoms with van der Waals surface area (Å²) in [7, 11) is 1.92. The van der Waals surface area contributed by atoms with Crippen molar-refractivity contribution in [2.24, 2.45) is 0 Å². The molecule has 0 aromatic carbocycles. The van der Waals surface area contributed by atoms with E-state index in [2.05, 4.69) is 11.1 Å². The number of hydrogen-bond acceptors (Lipinski definition) is 2. The molecule has 1 aromatic heterocycles. The monoisotopic (exact) mass is 149 g/mol. The van der Waals surface area contributed by atoms with Crippen molar-refractivity contribution >= 4 is 0 Å². The highest BCUT2D eigenvalue weighted by Gasteiger charge is 1.97. The van der Waals surface area contributed by atoms with Gasteiger partial charge in [-0.05, 0) is 19.2 Å². The van der Waals surface area contributed by atoms with Gasteiger partial charge >= 0.3 is 0 Å². The van der Waals surface area contributed by atoms with Crippen molar-refractivity contribution in [2.75, 3.05) is 13.6 Å². The third-order valence-electron chi connectivity index (χ3n) is 1.44. The molecular formula is C8H11N3. The van der Waals surface area contributed by atoms with Crippen molar-refractivity contribution in [3.8, 4) is 6.07 Å². The maximum absolute atomic E-state index is 8.36. The van der Waals surface area contributed by atoms with E-state index in [1.54, 1.807) is 0 Å². The van der Waals surface area contributed by atoms with Crippen molar-refractivity contribution in [3.63, 3.8) is 0 Å². The van der Waals surface area contributed by atoms with E-state index >= 15 is 0 Å². The molecule has 0 atom stereocenters. The molecule has 0 spiro atoms. The Morgan fingerprint density at radius 2 is 2.55 bits per heavy atom. The van der Waals surface area contributed by atoms with E-state index in [1.807, 2.05) is 30.3 Å². The van der Waals surface area contributed by atoms with Crippen LogP contribution in [0.3, 0.4) is 0 Å². The van der Waals surface area contributed by atoms with Crippen LogP contribution >= 0.6 is 0 Å². The van der Waals surface area contributed by atoms with Gasteiger partial charge in [-0.15, -0.1) is 0 Å². The lowest BCUT2D eigenvalue weighted by atomic mass is 10.4. The third kappa shape index (κ3) is 2.44. The Morgan fingerprint density at radius 3 is 3.09 bits per heavy atom. The second-order valence-electron chi connectivity index (χ2n) is 2.53. The highest BCUT2D eigenvalue weighted by molar-refractivity contribution is 5.03. The lowest BCUT2D eigenvalue weighted by Gasteiger charge is -2.09. The summed E-state index contributed by atoms with van der Waals surface area (Å²) in [5.41, 5.74) is 1.14. The first-order chi connectivity index (χ1) is 5.33. The molecule has 0 aliphatic heterocycles. The van der Waals surface area contributed by atoms with Crippen LogP contribution in [0.25, 0.3) is 0 Å². The molecule has 58 valence electrons. The lowest BCUT2D eigenvalue weighted by Crippen LogP contribution is -2.17. The van der Waals surface area contributed by atoms with Gasteiger partial charge in [0.1, 0.15) is 0 Å². The van der Waals surface area contributed by atoms with Crippen LogP contribution in [0.5, 0.6) is 0 Å². The summed E-state index contributed by atoms with van der Waals surface area (Å²) in [6, 6.07) is 6.05. The Balaban J connectivity index is 2.38. The number of nitriles is 1. The van der Waals surface area contributed by atoms with Gasteiger partial charge in [0.15, 0.2) is 0 Å². The quantitative estimate of drug-likeness (QED) is 0.651. The molecule has 1 aromatic rings. The minimum atomic E-state index is 0.471. The average Bonchev–Trinajstić information content (AvgIpc) is 2.40. The number of H-pyrrole nitrogens is 1. The number of aromatic amines is 1. The van der Waals surface area contributed by atoms with Gasteiger partial charge in [-0.25, -0.2) is 0 Å². The molecule has 0 bridgehead atoms. The number of aromatic nitrogens is 1. The predicted octanol–water partition coefficient (Wildman–Crippen LogP) is 0.970. The number of hydrogen-bond donors (Lipinski definition) is 1. The van der Waals surface area contributed by atoms with Gasteiger partial charge in [-0.3, -0.25) is 4.90 Å². The van der Waals surface area contributed by atoms with Crippen LogP contribution in [-0.2, 0) is 6.54 Å². The van der Waals surface area contributed by atoms with Crippen molar-refractivity contribution in [1.29, 1.82) is 5.26 Å². The van der Waals surface area contributed by atoms with Crippen molar-refractivity contribution in [2.45, 2.75) is 6.54 Å². The fourth-order valence-electron chi connectivity index (χ4n) is 0.933. The molecule has 3 nitrogen and oxygen atoms in total. The molecule has 0 saturated carbocycles. The fraction of sp³-hybridized carbons (Fsp3) is 0.375. The zero-order chi connectivity index (χ0) is 8.10. The minimum Gasteiger partial charge on any atom is -0.364 e. The van der Waals surface area contributed by atoms with Gasteiger partial charge in [0, 0.05) is 18.4 Å². The van der Waals surface area contributed by atoms with E-state index in [0.29, 0.717) is 6.54 Å². The van der Waals surface area contributed by atoms with Crippen LogP contribution < -0.4 is 0 Å². The minimum absolute atomic E-state index is 0.471. The van der Waals surface area contributed by atoms with Gasteiger partial charge in [0.25, 0.3) is 0 Å². The Hall–Kier alpha value is -1.27. The summed E-state index contributed by atoms with van der Waals surface area (Å²) in [5.74, 6) is 0. The normalized spacial score (nSPS) is 9.91. The maximum Gasteiger partial charge on any atom is 0.0866 e. The van der Waals surface area contributed by atoms with Crippen LogP contribution in [0, 0.1) is 11.3 Å². The van der Waals surface area contributed by atoms with E-state index < -0.39 is 0 Å². The number of rotatable bonds is 3. The largest absolute Gasteiger partial charge is 0.364 e. The molecule has 3 heteroatoms. The highest BCUT2D eigenvalue weighted by Crippen LogP contribution is 1.97. The first-order valence-corrected chi connectivity index (χ1v) is 3.50. The third-order valence-corrected chi connectivity index (χ3v) is 1.44. The van der Waals surface area contributed by atoms with Crippen molar-refractivity contribution in [3.05, 3.63) is 24.0 Å². The topological polar surface area (TPSA) is 42.8 Å². The molecule has 0 unspecified atom stereocenters. The standard InChI is InChI=1S/C8H11N3/c1-11(6-4-9)7-8-3-2-5-10-8/h2-3,5,10H,6-7H2,1H3. The van der Waals surface area contributed by atoms with Gasteiger partial charge in [0.05, 0.1) is 12.6 Å². The zero-order valence-corrected chi connectivity index (χ0v) is 6.54. The second-order valence-corrected chi connectivity index (χ2v) is 2.53. The molecule has 0 saturated heterocycles. The summed E-state index contributed by atoms with van der Waals surface area (Å²) in [6.45, 7) is 1.28. The van der Waals surface area contributed by atoms with Gasteiger partial charge in [-0.1, -0.05) is 0 Å². The lowest BCUT2D eigenvalue weighted by molar-refractivity contribution is 0.363. The summed E-state index contributed by atoms with van der Waals surface area (Å²) < 4.78 is 0. The van der Waals surface area contributed by atoms with Crippen molar-refractivity contribution < 1.29 is 0 Å². The summed E-state index contributed by atoms with van der Waals surface area (Å²) in [4.78, 5) is 5.03. The van der Waals surface area contributed by atoms with Gasteiger partial charge in [0.2, 0.25) is 0 Å². The predicted molar refractivity (Wildman–Crippen MR) is 42.7 cm³/mol. The molecule has 0 aliphatic carbocycles. The number of nitrogens with zero attached hydrogens (tertiary/aromatic N) is 2. The zero-order valence-electron chi connectivity index (χ0n) is 6.54. The summed E-state index contributed by atoms with van der Waals surface area (Å²) in [6.07, 6.45) is 1.88. The summed E-state index contributed by atoms with van der Waals surface area (Å²) in [5, 5.41) is 8.36. The molecule has 11 heavy (non-hydrogen) atoms. The molecular weight excluding hydrogens is 138 g/mol. The van der Waals surface area contributed by atoms with E-state index in [9.17, 15) is 0 Å². The van der Waals surface area contributed by atoms with Gasteiger partial charge < -0.3 is 4.98 Å². The fourth-order valence-corrected chi connectivity index (χ4v) is 0.933. The van der Waals surface area contributed by atoms with E-state index in [-0.39, 0.29) is 0 Å². The van der Waals surface area contributed by atoms with Crippen LogP contribution in [0.4, 0.5) is 0 Å². The first-order valence-electron chi connectivity index (χ1n) is 3.50. The molecule has 0 fully saturated rings. The molecule has 0 radical (unpaired) electrons. The van der Waals surface area contributed by atoms with E-state index in [4.69, 9.17) is 5.26 Å². The van der Waals surface area contributed by atoms with Crippen LogP contribution in [0.1, 0.15) is 5.69 Å². The van der Waals surface area contributed by atoms with Crippen molar-refractivity contribution in [1.82, 2.24) is 9.88 Å². The Morgan fingerprint density at radius 1 is 1.73 bits per heavy atom. The molecule has 1 heterocycles. The Kier molecular flexibility index (Phi) is 2.70. The molecule has 0 amide bonds. The maximum atomic E-state index is 8.36. The van der Waals surface area contributed by atoms with Crippen LogP contribution in [-0.4, -0.2) is 23.5 Å². The van der Waals surface area contributed by atoms with Crippen LogP contribution in [0.15, 0.2) is 18.3 Å². The first kappa shape index (κ1) is 7.83. The SMILES string of the molecule is CN(CC#N)Cc1ccc[nH]1. The Labute approximate surface area is 66.3 Å². The Bertz CT molecular complexity index is 232. The smallest absolute Gasteiger partial charge is 0.0866 e. The van der Waals surface area contributed by atoms with E-state index in [0.717, 1.165) is 12.2 Å². The molecule has 1 rings (SSSR count). The highest BCUT2D eigenvalue weighted by atomic mass is 15.1. The average molecular weight is 149 g/mol. The van der Waals surface area contributed by atoms with E-state index in [1.165, 1.54) is 0 Å². The summed E-state index contributed by atoms with van der Waals surface area (Å²) >= 11 is 0. The molecule has 0 aliphatic rings. The van der Waals surface area contributed by atoms with Gasteiger partial charge in [-0.2, -0.15) is 5.26 Å². The number of nitrogens with one attached hydrogen (secondary N) is 1.